The highest BCUT2D eigenvalue weighted by molar-refractivity contribution is 5.94. The molecular formula is C9H14N4O. The molecule has 0 saturated carbocycles. The number of nitrogen functional groups attached to an aromatic ring is 1. The Morgan fingerprint density at radius 3 is 2.50 bits per heavy atom. The maximum absolute atomic E-state index is 7.13. The van der Waals surface area contributed by atoms with Gasteiger partial charge in [0, 0.05) is 12.4 Å². The molecule has 14 heavy (non-hydrogen) atoms. The number of nitrogens with one attached hydrogen (secondary N) is 1. The van der Waals surface area contributed by atoms with Crippen molar-refractivity contribution in [1.82, 2.24) is 9.97 Å². The third-order valence-corrected chi connectivity index (χ3v) is 1.48. The molecule has 1 heterocycles. The van der Waals surface area contributed by atoms with Crippen molar-refractivity contribution in [1.29, 1.82) is 5.41 Å². The standard InChI is InChI=1S/C9H14N4O/c1-6(2)5-14-9-12-3-7(4-13-9)8(10)11/h3-4,6H,5H2,1-2H3,(H3,10,11). The van der Waals surface area contributed by atoms with Crippen LogP contribution in [0.15, 0.2) is 12.4 Å². The Morgan fingerprint density at radius 1 is 1.50 bits per heavy atom. The predicted octanol–water partition coefficient (Wildman–Crippen LogP) is 0.795. The summed E-state index contributed by atoms with van der Waals surface area (Å²) >= 11 is 0. The molecule has 5 nitrogen and oxygen atoms in total. The number of nitrogens with two attached hydrogens (primary N) is 1. The fourth-order valence-corrected chi connectivity index (χ4v) is 0.771. The van der Waals surface area contributed by atoms with Crippen LogP contribution in [0.4, 0.5) is 0 Å². The summed E-state index contributed by atoms with van der Waals surface area (Å²) in [6.45, 7) is 4.67. The fourth-order valence-electron chi connectivity index (χ4n) is 0.771. The highest BCUT2D eigenvalue weighted by Gasteiger charge is 2.01. The molecule has 0 radical (unpaired) electrons. The van der Waals surface area contributed by atoms with E-state index < -0.39 is 0 Å². The van der Waals surface area contributed by atoms with Crippen molar-refractivity contribution in [3.63, 3.8) is 0 Å². The lowest BCUT2D eigenvalue weighted by atomic mass is 10.2. The van der Waals surface area contributed by atoms with Crippen molar-refractivity contribution in [3.05, 3.63) is 18.0 Å². The zero-order valence-corrected chi connectivity index (χ0v) is 8.32. The molecule has 0 bridgehead atoms. The van der Waals surface area contributed by atoms with Gasteiger partial charge < -0.3 is 10.5 Å². The lowest BCUT2D eigenvalue weighted by Gasteiger charge is -2.06. The number of aromatic nitrogens is 2. The van der Waals surface area contributed by atoms with E-state index in [4.69, 9.17) is 15.9 Å². The first-order chi connectivity index (χ1) is 6.59. The molecule has 0 unspecified atom stereocenters. The topological polar surface area (TPSA) is 84.9 Å². The normalized spacial score (nSPS) is 10.2. The summed E-state index contributed by atoms with van der Waals surface area (Å²) < 4.78 is 5.27. The molecule has 3 N–H and O–H groups in total. The van der Waals surface area contributed by atoms with Crippen LogP contribution in [-0.4, -0.2) is 22.4 Å². The summed E-state index contributed by atoms with van der Waals surface area (Å²) in [5, 5.41) is 7.13. The van der Waals surface area contributed by atoms with E-state index in [1.54, 1.807) is 0 Å². The van der Waals surface area contributed by atoms with Crippen molar-refractivity contribution in [2.45, 2.75) is 13.8 Å². The summed E-state index contributed by atoms with van der Waals surface area (Å²) in [7, 11) is 0. The van der Waals surface area contributed by atoms with Gasteiger partial charge in [-0.05, 0) is 5.92 Å². The molecular weight excluding hydrogens is 180 g/mol. The zero-order valence-electron chi connectivity index (χ0n) is 8.32. The van der Waals surface area contributed by atoms with Gasteiger partial charge in [0.1, 0.15) is 5.84 Å². The molecule has 1 aromatic heterocycles. The van der Waals surface area contributed by atoms with Gasteiger partial charge in [-0.15, -0.1) is 0 Å². The second-order valence-corrected chi connectivity index (χ2v) is 3.37. The number of hydrogen-bond donors (Lipinski definition) is 2. The molecule has 0 amide bonds. The van der Waals surface area contributed by atoms with Crippen LogP contribution in [0.25, 0.3) is 0 Å². The first-order valence-electron chi connectivity index (χ1n) is 4.39. The van der Waals surface area contributed by atoms with Crippen molar-refractivity contribution >= 4 is 5.84 Å². The van der Waals surface area contributed by atoms with Crippen LogP contribution in [0.2, 0.25) is 0 Å². The van der Waals surface area contributed by atoms with E-state index in [2.05, 4.69) is 9.97 Å². The average molecular weight is 194 g/mol. The fraction of sp³-hybridized carbons (Fsp3) is 0.444. The van der Waals surface area contributed by atoms with E-state index in [1.807, 2.05) is 13.8 Å². The monoisotopic (exact) mass is 194 g/mol. The van der Waals surface area contributed by atoms with E-state index in [-0.39, 0.29) is 5.84 Å². The maximum atomic E-state index is 7.13. The van der Waals surface area contributed by atoms with Gasteiger partial charge in [-0.25, -0.2) is 9.97 Å². The SMILES string of the molecule is CC(C)COc1ncc(C(=N)N)cn1. The molecule has 1 rings (SSSR count). The first-order valence-corrected chi connectivity index (χ1v) is 4.39. The van der Waals surface area contributed by atoms with E-state index >= 15 is 0 Å². The zero-order chi connectivity index (χ0) is 10.6. The van der Waals surface area contributed by atoms with Crippen LogP contribution in [0.3, 0.4) is 0 Å². The van der Waals surface area contributed by atoms with E-state index in [0.29, 0.717) is 24.1 Å². The highest BCUT2D eigenvalue weighted by atomic mass is 16.5. The van der Waals surface area contributed by atoms with Crippen LogP contribution < -0.4 is 10.5 Å². The van der Waals surface area contributed by atoms with Crippen LogP contribution in [-0.2, 0) is 0 Å². The molecule has 0 atom stereocenters. The number of ether oxygens (including phenoxy) is 1. The molecule has 0 aliphatic heterocycles. The van der Waals surface area contributed by atoms with Crippen molar-refractivity contribution in [2.75, 3.05) is 6.61 Å². The largest absolute Gasteiger partial charge is 0.463 e. The van der Waals surface area contributed by atoms with Gasteiger partial charge in [-0.2, -0.15) is 0 Å². The van der Waals surface area contributed by atoms with Gasteiger partial charge in [0.05, 0.1) is 12.2 Å². The van der Waals surface area contributed by atoms with Gasteiger partial charge in [-0.1, -0.05) is 13.8 Å². The second kappa shape index (κ2) is 4.55. The van der Waals surface area contributed by atoms with Crippen LogP contribution >= 0.6 is 0 Å². The summed E-state index contributed by atoms with van der Waals surface area (Å²) in [4.78, 5) is 7.84. The molecule has 1 aromatic rings. The molecule has 0 aliphatic rings. The van der Waals surface area contributed by atoms with Gasteiger partial charge in [-0.3, -0.25) is 5.41 Å². The Balaban J connectivity index is 2.60. The first kappa shape index (κ1) is 10.4. The lowest BCUT2D eigenvalue weighted by Crippen LogP contribution is -2.13. The highest BCUT2D eigenvalue weighted by Crippen LogP contribution is 2.03. The third-order valence-electron chi connectivity index (χ3n) is 1.48. The minimum Gasteiger partial charge on any atom is -0.463 e. The Kier molecular flexibility index (Phi) is 3.39. The Bertz CT molecular complexity index is 307. The van der Waals surface area contributed by atoms with Gasteiger partial charge in [0.25, 0.3) is 0 Å². The van der Waals surface area contributed by atoms with E-state index in [0.717, 1.165) is 0 Å². The summed E-state index contributed by atoms with van der Waals surface area (Å²) in [5.41, 5.74) is 5.75. The molecule has 0 aromatic carbocycles. The van der Waals surface area contributed by atoms with Gasteiger partial charge >= 0.3 is 6.01 Å². The molecule has 0 saturated heterocycles. The molecule has 0 fully saturated rings. The van der Waals surface area contributed by atoms with E-state index in [1.165, 1.54) is 12.4 Å². The lowest BCUT2D eigenvalue weighted by molar-refractivity contribution is 0.251. The minimum atomic E-state index is -0.0413. The molecule has 76 valence electrons. The number of hydrogen-bond acceptors (Lipinski definition) is 4. The average Bonchev–Trinajstić information content (AvgIpc) is 2.15. The molecule has 0 aliphatic carbocycles. The molecule has 0 spiro atoms. The summed E-state index contributed by atoms with van der Waals surface area (Å²) in [6, 6.07) is 0.323. The van der Waals surface area contributed by atoms with Crippen molar-refractivity contribution in [2.24, 2.45) is 11.7 Å². The Morgan fingerprint density at radius 2 is 2.07 bits per heavy atom. The van der Waals surface area contributed by atoms with Crippen LogP contribution in [0.1, 0.15) is 19.4 Å². The number of amidine groups is 1. The quantitative estimate of drug-likeness (QED) is 0.548. The summed E-state index contributed by atoms with van der Waals surface area (Å²) in [6.07, 6.45) is 2.95. The molecule has 5 heteroatoms. The minimum absolute atomic E-state index is 0.0413. The van der Waals surface area contributed by atoms with Crippen LogP contribution in [0, 0.1) is 11.3 Å². The smallest absolute Gasteiger partial charge is 0.316 e. The van der Waals surface area contributed by atoms with Crippen LogP contribution in [0.5, 0.6) is 6.01 Å². The number of rotatable bonds is 4. The number of nitrogens with zero attached hydrogens (tertiary/aromatic N) is 2. The van der Waals surface area contributed by atoms with Crippen molar-refractivity contribution < 1.29 is 4.74 Å². The van der Waals surface area contributed by atoms with E-state index in [9.17, 15) is 0 Å². The Hall–Kier alpha value is -1.65. The second-order valence-electron chi connectivity index (χ2n) is 3.37. The van der Waals surface area contributed by atoms with Gasteiger partial charge in [0.15, 0.2) is 0 Å². The predicted molar refractivity (Wildman–Crippen MR) is 53.4 cm³/mol. The Labute approximate surface area is 82.8 Å². The summed E-state index contributed by atoms with van der Waals surface area (Å²) in [5.74, 6) is 0.395. The van der Waals surface area contributed by atoms with Gasteiger partial charge in [0.2, 0.25) is 0 Å². The van der Waals surface area contributed by atoms with Crippen molar-refractivity contribution in [3.8, 4) is 6.01 Å². The maximum Gasteiger partial charge on any atom is 0.316 e. The third kappa shape index (κ3) is 3.01.